The van der Waals surface area contributed by atoms with Gasteiger partial charge in [-0.1, -0.05) is 20.3 Å². The highest BCUT2D eigenvalue weighted by molar-refractivity contribution is 5.85. The summed E-state index contributed by atoms with van der Waals surface area (Å²) in [7, 11) is 1.91. The lowest BCUT2D eigenvalue weighted by Crippen LogP contribution is -2.44. The van der Waals surface area contributed by atoms with Gasteiger partial charge in [0.2, 0.25) is 11.8 Å². The molecule has 0 spiro atoms. The monoisotopic (exact) mass is 387 g/mol. The van der Waals surface area contributed by atoms with Crippen LogP contribution in [0.2, 0.25) is 0 Å². The number of rotatable bonds is 7. The molecular weight excluding hydrogens is 350 g/mol. The van der Waals surface area contributed by atoms with E-state index in [0.717, 1.165) is 58.4 Å². The van der Waals surface area contributed by atoms with Crippen LogP contribution in [0.1, 0.15) is 58.8 Å². The highest BCUT2D eigenvalue weighted by atomic mass is 35.5. The molecule has 2 rings (SSSR count). The summed E-state index contributed by atoms with van der Waals surface area (Å²) in [6, 6.07) is 0. The van der Waals surface area contributed by atoms with Crippen molar-refractivity contribution in [2.24, 2.45) is 17.8 Å². The Morgan fingerprint density at radius 1 is 1.23 bits per heavy atom. The van der Waals surface area contributed by atoms with Crippen molar-refractivity contribution in [3.8, 4) is 0 Å². The van der Waals surface area contributed by atoms with Crippen molar-refractivity contribution >= 4 is 24.2 Å². The normalized spacial score (nSPS) is 22.4. The Balaban J connectivity index is 0.00000338. The number of amides is 2. The molecule has 6 heteroatoms. The Morgan fingerprint density at radius 3 is 2.50 bits per heavy atom. The van der Waals surface area contributed by atoms with E-state index >= 15 is 0 Å². The van der Waals surface area contributed by atoms with Gasteiger partial charge in [0.15, 0.2) is 0 Å². The molecule has 5 nitrogen and oxygen atoms in total. The molecule has 26 heavy (non-hydrogen) atoms. The van der Waals surface area contributed by atoms with Crippen molar-refractivity contribution < 1.29 is 9.59 Å². The number of halogens is 1. The topological polar surface area (TPSA) is 52.7 Å². The lowest BCUT2D eigenvalue weighted by Gasteiger charge is -2.35. The van der Waals surface area contributed by atoms with E-state index in [1.165, 1.54) is 12.8 Å². The number of hydrogen-bond acceptors (Lipinski definition) is 3. The molecule has 0 radical (unpaired) electrons. The Kier molecular flexibility index (Phi) is 10.6. The highest BCUT2D eigenvalue weighted by Gasteiger charge is 2.30. The average molecular weight is 388 g/mol. The van der Waals surface area contributed by atoms with E-state index in [1.54, 1.807) is 0 Å². The Morgan fingerprint density at radius 2 is 1.92 bits per heavy atom. The van der Waals surface area contributed by atoms with Crippen LogP contribution in [0.15, 0.2) is 0 Å². The molecule has 0 saturated carbocycles. The van der Waals surface area contributed by atoms with Crippen molar-refractivity contribution in [1.82, 2.24) is 15.1 Å². The zero-order valence-corrected chi connectivity index (χ0v) is 17.7. The van der Waals surface area contributed by atoms with Crippen LogP contribution < -0.4 is 5.32 Å². The summed E-state index contributed by atoms with van der Waals surface area (Å²) in [5.41, 5.74) is 0. The molecule has 2 aliphatic heterocycles. The largest absolute Gasteiger partial charge is 0.346 e. The molecular formula is C20H38ClN3O2. The molecule has 0 aromatic rings. The van der Waals surface area contributed by atoms with Gasteiger partial charge in [-0.3, -0.25) is 9.59 Å². The second kappa shape index (κ2) is 11.8. The first kappa shape index (κ1) is 23.2. The minimum Gasteiger partial charge on any atom is -0.346 e. The van der Waals surface area contributed by atoms with Gasteiger partial charge in [-0.2, -0.15) is 0 Å². The van der Waals surface area contributed by atoms with Crippen LogP contribution in [0.3, 0.4) is 0 Å². The van der Waals surface area contributed by atoms with Crippen LogP contribution in [0.5, 0.6) is 0 Å². The maximum Gasteiger partial charge on any atom is 0.225 e. The summed E-state index contributed by atoms with van der Waals surface area (Å²) in [4.78, 5) is 29.0. The quantitative estimate of drug-likeness (QED) is 0.730. The molecule has 2 amide bonds. The first-order chi connectivity index (χ1) is 12.0. The second-order valence-corrected chi connectivity index (χ2v) is 8.06. The van der Waals surface area contributed by atoms with E-state index in [-0.39, 0.29) is 30.1 Å². The Bertz CT molecular complexity index is 433. The van der Waals surface area contributed by atoms with E-state index in [1.807, 2.05) is 16.8 Å². The Hall–Kier alpha value is -0.810. The van der Waals surface area contributed by atoms with Gasteiger partial charge in [0.05, 0.1) is 0 Å². The zero-order valence-electron chi connectivity index (χ0n) is 16.8. The zero-order chi connectivity index (χ0) is 18.2. The van der Waals surface area contributed by atoms with Crippen molar-refractivity contribution in [2.45, 2.75) is 58.8 Å². The lowest BCUT2D eigenvalue weighted by atomic mass is 9.85. The van der Waals surface area contributed by atoms with Crippen LogP contribution in [0, 0.1) is 17.8 Å². The number of hydrogen-bond donors (Lipinski definition) is 1. The van der Waals surface area contributed by atoms with Gasteiger partial charge < -0.3 is 15.1 Å². The second-order valence-electron chi connectivity index (χ2n) is 8.06. The number of nitrogens with one attached hydrogen (secondary N) is 1. The minimum absolute atomic E-state index is 0. The number of carbonyl (C=O) groups excluding carboxylic acids is 2. The molecule has 2 saturated heterocycles. The van der Waals surface area contributed by atoms with Gasteiger partial charge in [0, 0.05) is 39.0 Å². The smallest absolute Gasteiger partial charge is 0.225 e. The van der Waals surface area contributed by atoms with Gasteiger partial charge in [-0.15, -0.1) is 12.4 Å². The number of likely N-dealkylation sites (tertiary alicyclic amines) is 1. The number of piperidine rings is 2. The molecule has 0 aromatic heterocycles. The Labute approximate surface area is 165 Å². The van der Waals surface area contributed by atoms with E-state index in [4.69, 9.17) is 0 Å². The predicted octanol–water partition coefficient (Wildman–Crippen LogP) is 2.93. The van der Waals surface area contributed by atoms with Gasteiger partial charge in [0.1, 0.15) is 0 Å². The fraction of sp³-hybridized carbons (Fsp3) is 0.900. The van der Waals surface area contributed by atoms with Gasteiger partial charge in [-0.05, 0) is 57.0 Å². The number of nitrogens with zero attached hydrogens (tertiary/aromatic N) is 2. The summed E-state index contributed by atoms with van der Waals surface area (Å²) in [5.74, 6) is 1.72. The van der Waals surface area contributed by atoms with Gasteiger partial charge in [0.25, 0.3) is 0 Å². The minimum atomic E-state index is 0. The molecule has 2 unspecified atom stereocenters. The van der Waals surface area contributed by atoms with Crippen molar-refractivity contribution in [1.29, 1.82) is 0 Å². The summed E-state index contributed by atoms with van der Waals surface area (Å²) in [6.07, 6.45) is 6.93. The standard InChI is InChI=1S/C20H37N3O2.ClH/c1-4-5-11-22(3)20(25)17-8-12-23(13-9-17)19(24)14-16(2)18-7-6-10-21-15-18;/h16-18,21H,4-15H2,1-3H3;1H. The first-order valence-electron chi connectivity index (χ1n) is 10.3. The molecule has 2 heterocycles. The first-order valence-corrected chi connectivity index (χ1v) is 10.3. The summed E-state index contributed by atoms with van der Waals surface area (Å²) in [5, 5.41) is 3.44. The van der Waals surface area contributed by atoms with Gasteiger partial charge in [-0.25, -0.2) is 0 Å². The van der Waals surface area contributed by atoms with Crippen molar-refractivity contribution in [3.63, 3.8) is 0 Å². The third-order valence-corrected chi connectivity index (χ3v) is 6.06. The SMILES string of the molecule is CCCCN(C)C(=O)C1CCN(C(=O)CC(C)C2CCCNC2)CC1.Cl. The lowest BCUT2D eigenvalue weighted by molar-refractivity contribution is -0.140. The summed E-state index contributed by atoms with van der Waals surface area (Å²) >= 11 is 0. The van der Waals surface area contributed by atoms with Gasteiger partial charge >= 0.3 is 0 Å². The maximum atomic E-state index is 12.6. The molecule has 152 valence electrons. The molecule has 0 aromatic carbocycles. The molecule has 2 aliphatic rings. The van der Waals surface area contributed by atoms with Crippen molar-refractivity contribution in [3.05, 3.63) is 0 Å². The third kappa shape index (κ3) is 6.73. The van der Waals surface area contributed by atoms with E-state index in [2.05, 4.69) is 19.2 Å². The molecule has 2 fully saturated rings. The molecule has 0 bridgehead atoms. The van der Waals surface area contributed by atoms with Crippen LogP contribution >= 0.6 is 12.4 Å². The molecule has 2 atom stereocenters. The van der Waals surface area contributed by atoms with E-state index < -0.39 is 0 Å². The maximum absolute atomic E-state index is 12.6. The van der Waals surface area contributed by atoms with Crippen LogP contribution in [0.4, 0.5) is 0 Å². The number of unbranched alkanes of at least 4 members (excludes halogenated alkanes) is 1. The third-order valence-electron chi connectivity index (χ3n) is 6.06. The van der Waals surface area contributed by atoms with Crippen molar-refractivity contribution in [2.75, 3.05) is 39.8 Å². The van der Waals surface area contributed by atoms with Crippen LogP contribution in [-0.2, 0) is 9.59 Å². The average Bonchev–Trinajstić information content (AvgIpc) is 2.66. The molecule has 1 N–H and O–H groups in total. The predicted molar refractivity (Wildman–Crippen MR) is 108 cm³/mol. The van der Waals surface area contributed by atoms with Crippen LogP contribution in [0.25, 0.3) is 0 Å². The van der Waals surface area contributed by atoms with E-state index in [9.17, 15) is 9.59 Å². The fourth-order valence-corrected chi connectivity index (χ4v) is 4.13. The summed E-state index contributed by atoms with van der Waals surface area (Å²) < 4.78 is 0. The summed E-state index contributed by atoms with van der Waals surface area (Å²) in [6.45, 7) is 8.86. The van der Waals surface area contributed by atoms with Crippen LogP contribution in [-0.4, -0.2) is 61.4 Å². The van der Waals surface area contributed by atoms with E-state index in [0.29, 0.717) is 18.3 Å². The fourth-order valence-electron chi connectivity index (χ4n) is 4.13. The number of carbonyl (C=O) groups is 2. The highest BCUT2D eigenvalue weighted by Crippen LogP contribution is 2.25. The molecule has 0 aliphatic carbocycles.